The average Bonchev–Trinajstić information content (AvgIpc) is 2.65. The van der Waals surface area contributed by atoms with E-state index in [9.17, 15) is 19.2 Å². The Morgan fingerprint density at radius 2 is 1.07 bits per heavy atom. The summed E-state index contributed by atoms with van der Waals surface area (Å²) in [6, 6.07) is 2.71. The number of nitrogens with zero attached hydrogens (tertiary/aromatic N) is 2. The molecule has 28 heavy (non-hydrogen) atoms. The van der Waals surface area contributed by atoms with Crippen LogP contribution in [-0.4, -0.2) is 60.9 Å². The molecule has 0 bridgehead atoms. The molecule has 0 aromatic heterocycles. The summed E-state index contributed by atoms with van der Waals surface area (Å²) in [7, 11) is 3.19. The van der Waals surface area contributed by atoms with Gasteiger partial charge in [0.25, 0.3) is 23.6 Å². The van der Waals surface area contributed by atoms with Crippen LogP contribution in [0.1, 0.15) is 41.4 Å². The van der Waals surface area contributed by atoms with Crippen molar-refractivity contribution in [3.05, 3.63) is 44.4 Å². The lowest BCUT2D eigenvalue weighted by molar-refractivity contribution is 0.0580. The Morgan fingerprint density at radius 1 is 0.714 bits per heavy atom. The van der Waals surface area contributed by atoms with E-state index in [2.05, 4.69) is 10.6 Å². The molecule has 4 rings (SSSR count). The second-order valence-corrected chi connectivity index (χ2v) is 7.23. The van der Waals surface area contributed by atoms with Gasteiger partial charge in [-0.05, 0) is 26.2 Å². The van der Waals surface area contributed by atoms with Gasteiger partial charge >= 0.3 is 0 Å². The number of imide groups is 2. The molecule has 2 aromatic carbocycles. The second kappa shape index (κ2) is 6.52. The quantitative estimate of drug-likeness (QED) is 0.730. The minimum Gasteiger partial charge on any atom is -0.302 e. The van der Waals surface area contributed by atoms with Crippen molar-refractivity contribution in [3.8, 4) is 0 Å². The van der Waals surface area contributed by atoms with Gasteiger partial charge in [0.2, 0.25) is 0 Å². The number of hydrogen-bond donors (Lipinski definition) is 2. The molecule has 0 aliphatic carbocycles. The number of halogens is 2. The first kappa shape index (κ1) is 18.8. The van der Waals surface area contributed by atoms with Crippen molar-refractivity contribution < 1.29 is 19.2 Å². The molecule has 2 aromatic rings. The molecule has 0 spiro atoms. The molecule has 0 atom stereocenters. The Labute approximate surface area is 169 Å². The maximum atomic E-state index is 12.9. The zero-order valence-electron chi connectivity index (χ0n) is 14.9. The molecule has 10 heteroatoms. The van der Waals surface area contributed by atoms with Crippen LogP contribution in [-0.2, 0) is 0 Å². The highest BCUT2D eigenvalue weighted by Gasteiger charge is 2.42. The zero-order chi connectivity index (χ0) is 20.3. The fraction of sp³-hybridized carbons (Fsp3) is 0.222. The SMILES string of the molecule is CNCN1C(=O)c2cc(Cl)c3c4c(cc(Cl)c(c24)C1=O)C(=O)N(CNC)C3=O. The molecule has 8 nitrogen and oxygen atoms in total. The van der Waals surface area contributed by atoms with Gasteiger partial charge in [0.15, 0.2) is 0 Å². The average molecular weight is 421 g/mol. The van der Waals surface area contributed by atoms with E-state index in [1.165, 1.54) is 12.1 Å². The maximum absolute atomic E-state index is 12.9. The summed E-state index contributed by atoms with van der Waals surface area (Å²) < 4.78 is 0. The van der Waals surface area contributed by atoms with Crippen LogP contribution in [0.25, 0.3) is 10.8 Å². The number of benzene rings is 2. The van der Waals surface area contributed by atoms with Gasteiger partial charge in [-0.15, -0.1) is 0 Å². The molecule has 2 aliphatic rings. The highest BCUT2D eigenvalue weighted by Crippen LogP contribution is 2.43. The van der Waals surface area contributed by atoms with E-state index in [1.54, 1.807) is 14.1 Å². The van der Waals surface area contributed by atoms with E-state index in [0.29, 0.717) is 0 Å². The lowest BCUT2D eigenvalue weighted by Gasteiger charge is -2.32. The van der Waals surface area contributed by atoms with Crippen LogP contribution in [0.4, 0.5) is 0 Å². The smallest absolute Gasteiger partial charge is 0.264 e. The van der Waals surface area contributed by atoms with Gasteiger partial charge in [-0.3, -0.25) is 29.0 Å². The standard InChI is InChI=1S/C18H14Cl2N4O4/c1-21-5-23-15(25)7-3-10(20)14-12-8(16(26)24(6-22-2)18(14)28)4-9(19)13(11(7)12)17(23)27/h3-4,21-22H,5-6H2,1-2H3. The Hall–Kier alpha value is -2.52. The first-order valence-electron chi connectivity index (χ1n) is 8.33. The number of rotatable bonds is 4. The lowest BCUT2D eigenvalue weighted by Crippen LogP contribution is -2.47. The summed E-state index contributed by atoms with van der Waals surface area (Å²) >= 11 is 12.7. The topological polar surface area (TPSA) is 98.8 Å². The van der Waals surface area contributed by atoms with Crippen LogP contribution in [0, 0.1) is 0 Å². The highest BCUT2D eigenvalue weighted by molar-refractivity contribution is 6.44. The summed E-state index contributed by atoms with van der Waals surface area (Å²) in [6.45, 7) is -0.0479. The van der Waals surface area contributed by atoms with Crippen LogP contribution in [0.2, 0.25) is 10.0 Å². The Bertz CT molecular complexity index is 1030. The zero-order valence-corrected chi connectivity index (χ0v) is 16.4. The molecule has 0 unspecified atom stereocenters. The van der Waals surface area contributed by atoms with Crippen LogP contribution < -0.4 is 10.6 Å². The second-order valence-electron chi connectivity index (χ2n) is 6.41. The predicted octanol–water partition coefficient (Wildman–Crippen LogP) is 1.69. The molecule has 2 heterocycles. The predicted molar refractivity (Wildman–Crippen MR) is 103 cm³/mol. The maximum Gasteiger partial charge on any atom is 0.264 e. The van der Waals surface area contributed by atoms with E-state index >= 15 is 0 Å². The van der Waals surface area contributed by atoms with E-state index < -0.39 is 23.6 Å². The molecule has 0 saturated carbocycles. The molecule has 4 amide bonds. The highest BCUT2D eigenvalue weighted by atomic mass is 35.5. The van der Waals surface area contributed by atoms with Gasteiger partial charge in [0.05, 0.1) is 45.6 Å². The normalized spacial score (nSPS) is 15.9. The van der Waals surface area contributed by atoms with E-state index in [4.69, 9.17) is 23.2 Å². The first-order chi connectivity index (χ1) is 13.3. The summed E-state index contributed by atoms with van der Waals surface area (Å²) in [6.07, 6.45) is 0. The Morgan fingerprint density at radius 3 is 1.39 bits per heavy atom. The minimum atomic E-state index is -0.603. The van der Waals surface area contributed by atoms with E-state index in [1.807, 2.05) is 0 Å². The Balaban J connectivity index is 2.13. The van der Waals surface area contributed by atoms with Crippen molar-refractivity contribution in [2.75, 3.05) is 27.4 Å². The third kappa shape index (κ3) is 2.32. The fourth-order valence-electron chi connectivity index (χ4n) is 3.67. The summed E-state index contributed by atoms with van der Waals surface area (Å²) in [5.74, 6) is -2.36. The number of carbonyl (C=O) groups excluding carboxylic acids is 4. The number of carbonyl (C=O) groups is 4. The van der Waals surface area contributed by atoms with Crippen LogP contribution >= 0.6 is 23.2 Å². The van der Waals surface area contributed by atoms with Gasteiger partial charge < -0.3 is 10.6 Å². The largest absolute Gasteiger partial charge is 0.302 e. The molecule has 0 radical (unpaired) electrons. The van der Waals surface area contributed by atoms with Crippen molar-refractivity contribution in [3.63, 3.8) is 0 Å². The third-order valence-corrected chi connectivity index (χ3v) is 5.41. The van der Waals surface area contributed by atoms with Crippen molar-refractivity contribution in [1.29, 1.82) is 0 Å². The summed E-state index contributed by atoms with van der Waals surface area (Å²) in [4.78, 5) is 53.7. The van der Waals surface area contributed by atoms with E-state index in [0.717, 1.165) is 9.80 Å². The van der Waals surface area contributed by atoms with Gasteiger partial charge in [0, 0.05) is 10.8 Å². The van der Waals surface area contributed by atoms with Crippen LogP contribution in [0.3, 0.4) is 0 Å². The lowest BCUT2D eigenvalue weighted by atomic mass is 9.86. The summed E-state index contributed by atoms with van der Waals surface area (Å²) in [5.41, 5.74) is 0.400. The van der Waals surface area contributed by atoms with E-state index in [-0.39, 0.29) is 56.4 Å². The van der Waals surface area contributed by atoms with Gasteiger partial charge in [-0.1, -0.05) is 23.2 Å². The molecule has 2 aliphatic heterocycles. The minimum absolute atomic E-state index is 0.0239. The molecule has 144 valence electrons. The van der Waals surface area contributed by atoms with Gasteiger partial charge in [-0.2, -0.15) is 0 Å². The van der Waals surface area contributed by atoms with Crippen molar-refractivity contribution in [2.45, 2.75) is 0 Å². The van der Waals surface area contributed by atoms with Crippen molar-refractivity contribution >= 4 is 57.6 Å². The van der Waals surface area contributed by atoms with Gasteiger partial charge in [-0.25, -0.2) is 0 Å². The number of nitrogens with one attached hydrogen (secondary N) is 2. The number of hydrogen-bond acceptors (Lipinski definition) is 6. The molecular weight excluding hydrogens is 407 g/mol. The molecule has 0 saturated heterocycles. The Kier molecular flexibility index (Phi) is 4.39. The van der Waals surface area contributed by atoms with Gasteiger partial charge in [0.1, 0.15) is 0 Å². The summed E-state index contributed by atoms with van der Waals surface area (Å²) in [5, 5.41) is 5.96. The van der Waals surface area contributed by atoms with Crippen molar-refractivity contribution in [2.24, 2.45) is 0 Å². The van der Waals surface area contributed by atoms with Crippen LogP contribution in [0.5, 0.6) is 0 Å². The van der Waals surface area contributed by atoms with Crippen molar-refractivity contribution in [1.82, 2.24) is 20.4 Å². The monoisotopic (exact) mass is 420 g/mol. The van der Waals surface area contributed by atoms with Crippen LogP contribution in [0.15, 0.2) is 12.1 Å². The molecule has 0 fully saturated rings. The third-order valence-electron chi connectivity index (χ3n) is 4.81. The number of amides is 4. The fourth-order valence-corrected chi connectivity index (χ4v) is 4.24. The molecule has 2 N–H and O–H groups in total. The first-order valence-corrected chi connectivity index (χ1v) is 9.09. The molecular formula is C18H14Cl2N4O4.